The highest BCUT2D eigenvalue weighted by molar-refractivity contribution is 7.98. The van der Waals surface area contributed by atoms with E-state index >= 15 is 0 Å². The van der Waals surface area contributed by atoms with Crippen molar-refractivity contribution in [3.8, 4) is 11.1 Å². The number of thiol groups is 1. The van der Waals surface area contributed by atoms with Crippen LogP contribution in [0.1, 0.15) is 5.56 Å². The fourth-order valence-electron chi connectivity index (χ4n) is 1.77. The lowest BCUT2D eigenvalue weighted by Gasteiger charge is -2.13. The Morgan fingerprint density at radius 3 is 2.39 bits per heavy atom. The molecule has 2 aromatic rings. The fraction of sp³-hybridized carbons (Fsp3) is 0.0714. The van der Waals surface area contributed by atoms with E-state index in [0.29, 0.717) is 5.02 Å². The first kappa shape index (κ1) is 13.5. The zero-order valence-corrected chi connectivity index (χ0v) is 12.2. The van der Waals surface area contributed by atoms with E-state index in [1.165, 1.54) is 6.21 Å². The van der Waals surface area contributed by atoms with Gasteiger partial charge in [0.1, 0.15) is 0 Å². The van der Waals surface area contributed by atoms with Gasteiger partial charge in [-0.3, -0.25) is 0 Å². The minimum absolute atomic E-state index is 0.716. The molecule has 18 heavy (non-hydrogen) atoms. The highest BCUT2D eigenvalue weighted by Gasteiger charge is 2.11. The van der Waals surface area contributed by atoms with Gasteiger partial charge in [-0.15, -0.1) is 24.4 Å². The zero-order chi connectivity index (χ0) is 13.1. The maximum absolute atomic E-state index is 7.40. The van der Waals surface area contributed by atoms with Crippen LogP contribution in [0.15, 0.2) is 46.2 Å². The smallest absolute Gasteiger partial charge is 0.0406 e. The van der Waals surface area contributed by atoms with Crippen molar-refractivity contribution < 1.29 is 0 Å². The lowest BCUT2D eigenvalue weighted by molar-refractivity contribution is 1.31. The molecule has 0 aliphatic rings. The fourth-order valence-corrected chi connectivity index (χ4v) is 2.99. The Bertz CT molecular complexity index is 579. The standard InChI is InChI=1S/C14H12ClNS2/c1-18-12-7-4-10(8-16)14(17)13(12)9-2-5-11(15)6-3-9/h2-8,16-17H,1H3. The molecule has 0 saturated heterocycles. The van der Waals surface area contributed by atoms with Crippen molar-refractivity contribution in [3.63, 3.8) is 0 Å². The topological polar surface area (TPSA) is 23.9 Å². The lowest BCUT2D eigenvalue weighted by Crippen LogP contribution is -1.90. The molecule has 1 N–H and O–H groups in total. The van der Waals surface area contributed by atoms with Gasteiger partial charge in [-0.2, -0.15) is 0 Å². The Hall–Kier alpha value is -0.900. The number of rotatable bonds is 3. The Morgan fingerprint density at radius 1 is 1.17 bits per heavy atom. The molecule has 0 atom stereocenters. The van der Waals surface area contributed by atoms with Crippen molar-refractivity contribution in [2.75, 3.05) is 6.26 Å². The second-order valence-electron chi connectivity index (χ2n) is 3.73. The van der Waals surface area contributed by atoms with Crippen LogP contribution in [0.5, 0.6) is 0 Å². The number of benzene rings is 2. The molecule has 2 aromatic carbocycles. The van der Waals surface area contributed by atoms with E-state index in [1.54, 1.807) is 11.8 Å². The first-order chi connectivity index (χ1) is 8.67. The van der Waals surface area contributed by atoms with E-state index in [4.69, 9.17) is 17.0 Å². The van der Waals surface area contributed by atoms with Crippen LogP contribution in [0.2, 0.25) is 5.02 Å². The summed E-state index contributed by atoms with van der Waals surface area (Å²) in [6.07, 6.45) is 3.36. The molecule has 2 rings (SSSR count). The van der Waals surface area contributed by atoms with Gasteiger partial charge in [0.25, 0.3) is 0 Å². The van der Waals surface area contributed by atoms with Gasteiger partial charge >= 0.3 is 0 Å². The minimum Gasteiger partial charge on any atom is -0.308 e. The minimum atomic E-state index is 0.716. The predicted octanol–water partition coefficient (Wildman–Crippen LogP) is 5.02. The van der Waals surface area contributed by atoms with Crippen LogP contribution in [0, 0.1) is 5.41 Å². The number of thioether (sulfide) groups is 1. The van der Waals surface area contributed by atoms with E-state index in [9.17, 15) is 0 Å². The van der Waals surface area contributed by atoms with Crippen LogP contribution < -0.4 is 0 Å². The summed E-state index contributed by atoms with van der Waals surface area (Å²) in [4.78, 5) is 1.98. The van der Waals surface area contributed by atoms with Gasteiger partial charge in [0.05, 0.1) is 0 Å². The quantitative estimate of drug-likeness (QED) is 0.464. The van der Waals surface area contributed by atoms with Gasteiger partial charge in [-0.1, -0.05) is 29.8 Å². The SMILES string of the molecule is CSc1ccc(C=N)c(S)c1-c1ccc(Cl)cc1. The van der Waals surface area contributed by atoms with E-state index in [1.807, 2.05) is 42.7 Å². The monoisotopic (exact) mass is 293 g/mol. The Labute approximate surface area is 121 Å². The first-order valence-electron chi connectivity index (χ1n) is 5.33. The van der Waals surface area contributed by atoms with E-state index in [2.05, 4.69) is 12.6 Å². The van der Waals surface area contributed by atoms with Crippen LogP contribution >= 0.6 is 36.0 Å². The lowest BCUT2D eigenvalue weighted by atomic mass is 10.0. The molecule has 0 bridgehead atoms. The second kappa shape index (κ2) is 5.83. The van der Waals surface area contributed by atoms with Crippen molar-refractivity contribution in [2.24, 2.45) is 0 Å². The maximum atomic E-state index is 7.40. The highest BCUT2D eigenvalue weighted by atomic mass is 35.5. The summed E-state index contributed by atoms with van der Waals surface area (Å²) in [6.45, 7) is 0. The van der Waals surface area contributed by atoms with Gasteiger partial charge in [0.15, 0.2) is 0 Å². The molecule has 0 heterocycles. The second-order valence-corrected chi connectivity index (χ2v) is 5.46. The number of hydrogen-bond donors (Lipinski definition) is 2. The van der Waals surface area contributed by atoms with E-state index in [0.717, 1.165) is 26.5 Å². The first-order valence-corrected chi connectivity index (χ1v) is 7.38. The summed E-state index contributed by atoms with van der Waals surface area (Å²) in [5.74, 6) is 0. The van der Waals surface area contributed by atoms with Crippen LogP contribution in [0.3, 0.4) is 0 Å². The number of halogens is 1. The Morgan fingerprint density at radius 2 is 1.83 bits per heavy atom. The molecule has 1 nitrogen and oxygen atoms in total. The van der Waals surface area contributed by atoms with Gasteiger partial charge in [0.2, 0.25) is 0 Å². The van der Waals surface area contributed by atoms with Crippen LogP contribution in [-0.2, 0) is 0 Å². The van der Waals surface area contributed by atoms with Crippen molar-refractivity contribution in [1.82, 2.24) is 0 Å². The average Bonchev–Trinajstić information content (AvgIpc) is 2.39. The van der Waals surface area contributed by atoms with Gasteiger partial charge < -0.3 is 5.41 Å². The summed E-state index contributed by atoms with van der Waals surface area (Å²) in [7, 11) is 0. The average molecular weight is 294 g/mol. The molecule has 0 fully saturated rings. The summed E-state index contributed by atoms with van der Waals surface area (Å²) in [5, 5.41) is 8.12. The van der Waals surface area contributed by atoms with Crippen LogP contribution in [-0.4, -0.2) is 12.5 Å². The molecule has 92 valence electrons. The van der Waals surface area contributed by atoms with E-state index < -0.39 is 0 Å². The van der Waals surface area contributed by atoms with Crippen LogP contribution in [0.4, 0.5) is 0 Å². The molecular weight excluding hydrogens is 282 g/mol. The summed E-state index contributed by atoms with van der Waals surface area (Å²) in [6, 6.07) is 11.6. The summed E-state index contributed by atoms with van der Waals surface area (Å²) >= 11 is 12.1. The van der Waals surface area contributed by atoms with Crippen molar-refractivity contribution in [1.29, 1.82) is 5.41 Å². The van der Waals surface area contributed by atoms with Gasteiger partial charge in [-0.25, -0.2) is 0 Å². The normalized spacial score (nSPS) is 10.4. The molecule has 4 heteroatoms. The summed E-state index contributed by atoms with van der Waals surface area (Å²) in [5.41, 5.74) is 2.95. The van der Waals surface area contributed by atoms with Crippen molar-refractivity contribution in [2.45, 2.75) is 9.79 Å². The number of nitrogens with one attached hydrogen (secondary N) is 1. The number of hydrogen-bond acceptors (Lipinski definition) is 3. The third-order valence-corrected chi connectivity index (χ3v) is 4.19. The molecule has 0 saturated carbocycles. The van der Waals surface area contributed by atoms with Crippen molar-refractivity contribution >= 4 is 42.2 Å². The van der Waals surface area contributed by atoms with Gasteiger partial charge in [0, 0.05) is 32.2 Å². The molecule has 0 aliphatic heterocycles. The molecule has 0 unspecified atom stereocenters. The third-order valence-electron chi connectivity index (χ3n) is 2.68. The molecule has 0 amide bonds. The predicted molar refractivity (Wildman–Crippen MR) is 83.8 cm³/mol. The Balaban J connectivity index is 2.67. The van der Waals surface area contributed by atoms with E-state index in [-0.39, 0.29) is 0 Å². The molecular formula is C14H12ClNS2. The molecule has 0 aliphatic carbocycles. The van der Waals surface area contributed by atoms with Crippen LogP contribution in [0.25, 0.3) is 11.1 Å². The maximum Gasteiger partial charge on any atom is 0.0406 e. The zero-order valence-electron chi connectivity index (χ0n) is 9.77. The molecule has 0 radical (unpaired) electrons. The third kappa shape index (κ3) is 2.58. The van der Waals surface area contributed by atoms with Gasteiger partial charge in [-0.05, 0) is 30.0 Å². The largest absolute Gasteiger partial charge is 0.308 e. The Kier molecular flexibility index (Phi) is 4.38. The summed E-state index contributed by atoms with van der Waals surface area (Å²) < 4.78 is 0. The highest BCUT2D eigenvalue weighted by Crippen LogP contribution is 2.37. The molecule has 0 aromatic heterocycles. The molecule has 0 spiro atoms. The van der Waals surface area contributed by atoms with Crippen molar-refractivity contribution in [3.05, 3.63) is 47.0 Å².